The van der Waals surface area contributed by atoms with Gasteiger partial charge in [-0.3, -0.25) is 4.79 Å². The monoisotopic (exact) mass is 354 g/mol. The second-order valence-electron chi connectivity index (χ2n) is 6.82. The Morgan fingerprint density at radius 2 is 2.12 bits per heavy atom. The van der Waals surface area contributed by atoms with Gasteiger partial charge in [0.05, 0.1) is 18.6 Å². The van der Waals surface area contributed by atoms with Gasteiger partial charge in [0.15, 0.2) is 0 Å². The van der Waals surface area contributed by atoms with Crippen molar-refractivity contribution >= 4 is 11.7 Å². The van der Waals surface area contributed by atoms with Gasteiger partial charge in [-0.25, -0.2) is 9.97 Å². The topological polar surface area (TPSA) is 67.3 Å². The van der Waals surface area contributed by atoms with Gasteiger partial charge < -0.3 is 15.0 Å². The Labute approximate surface area is 154 Å². The average molecular weight is 354 g/mol. The summed E-state index contributed by atoms with van der Waals surface area (Å²) >= 11 is 0. The molecule has 0 radical (unpaired) electrons. The van der Waals surface area contributed by atoms with Crippen LogP contribution in [0, 0.1) is 13.8 Å². The third-order valence-corrected chi connectivity index (χ3v) is 4.94. The SMILES string of the molecule is CO[C@H]1C[C@@H](CNC(=O)Cc2ccccc2C)N(c2cc(C)ncn2)C1. The molecular formula is C20H26N4O2. The van der Waals surface area contributed by atoms with Gasteiger partial charge in [0.2, 0.25) is 5.91 Å². The molecule has 3 rings (SSSR count). The zero-order valence-corrected chi connectivity index (χ0v) is 15.6. The summed E-state index contributed by atoms with van der Waals surface area (Å²) in [5, 5.41) is 3.08. The van der Waals surface area contributed by atoms with E-state index < -0.39 is 0 Å². The molecule has 1 aliphatic heterocycles. The lowest BCUT2D eigenvalue weighted by atomic mass is 10.1. The molecule has 1 fully saturated rings. The van der Waals surface area contributed by atoms with Gasteiger partial charge in [-0.05, 0) is 31.4 Å². The van der Waals surface area contributed by atoms with Gasteiger partial charge in [-0.15, -0.1) is 0 Å². The van der Waals surface area contributed by atoms with Crippen LogP contribution in [0.15, 0.2) is 36.7 Å². The Morgan fingerprint density at radius 1 is 1.31 bits per heavy atom. The minimum atomic E-state index is 0.0407. The number of carbonyl (C=O) groups excluding carboxylic acids is 1. The Bertz CT molecular complexity index is 765. The standard InChI is InChI=1S/C20H26N4O2/c1-14-6-4-5-7-16(14)9-20(25)21-11-17-10-18(26-3)12-24(17)19-8-15(2)22-13-23-19/h4-8,13,17-18H,9-12H2,1-3H3,(H,21,25)/t17-,18-/m0/s1. The molecule has 0 spiro atoms. The molecule has 1 saturated heterocycles. The van der Waals surface area contributed by atoms with Gasteiger partial charge in [-0.2, -0.15) is 0 Å². The number of anilines is 1. The molecule has 0 aliphatic carbocycles. The number of nitrogens with one attached hydrogen (secondary N) is 1. The Hall–Kier alpha value is -2.47. The summed E-state index contributed by atoms with van der Waals surface area (Å²) in [5.41, 5.74) is 3.13. The Morgan fingerprint density at radius 3 is 2.85 bits per heavy atom. The highest BCUT2D eigenvalue weighted by molar-refractivity contribution is 5.79. The molecule has 2 heterocycles. The molecule has 6 nitrogen and oxygen atoms in total. The number of rotatable bonds is 6. The van der Waals surface area contributed by atoms with Gasteiger partial charge in [-0.1, -0.05) is 24.3 Å². The lowest BCUT2D eigenvalue weighted by molar-refractivity contribution is -0.120. The van der Waals surface area contributed by atoms with Gasteiger partial charge in [0, 0.05) is 32.0 Å². The van der Waals surface area contributed by atoms with Crippen LogP contribution < -0.4 is 10.2 Å². The summed E-state index contributed by atoms with van der Waals surface area (Å²) in [4.78, 5) is 23.1. The third kappa shape index (κ3) is 4.38. The van der Waals surface area contributed by atoms with Crippen LogP contribution in [0.1, 0.15) is 23.2 Å². The van der Waals surface area contributed by atoms with Crippen molar-refractivity contribution < 1.29 is 9.53 Å². The molecule has 0 bridgehead atoms. The van der Waals surface area contributed by atoms with Crippen molar-refractivity contribution in [1.29, 1.82) is 0 Å². The van der Waals surface area contributed by atoms with E-state index in [-0.39, 0.29) is 18.1 Å². The first-order chi connectivity index (χ1) is 12.6. The summed E-state index contributed by atoms with van der Waals surface area (Å²) in [6.45, 7) is 5.33. The molecular weight excluding hydrogens is 328 g/mol. The summed E-state index contributed by atoms with van der Waals surface area (Å²) < 4.78 is 5.54. The van der Waals surface area contributed by atoms with Crippen LogP contribution in [-0.4, -0.2) is 48.2 Å². The number of aromatic nitrogens is 2. The number of benzene rings is 1. The highest BCUT2D eigenvalue weighted by Crippen LogP contribution is 2.25. The van der Waals surface area contributed by atoms with Crippen LogP contribution in [0.25, 0.3) is 0 Å². The first-order valence-corrected chi connectivity index (χ1v) is 8.96. The number of methoxy groups -OCH3 is 1. The molecule has 138 valence electrons. The van der Waals surface area contributed by atoms with Gasteiger partial charge >= 0.3 is 0 Å². The van der Waals surface area contributed by atoms with E-state index in [4.69, 9.17) is 4.74 Å². The normalized spacial score (nSPS) is 19.6. The van der Waals surface area contributed by atoms with Crippen molar-refractivity contribution in [3.8, 4) is 0 Å². The van der Waals surface area contributed by atoms with Crippen LogP contribution in [0.5, 0.6) is 0 Å². The Balaban J connectivity index is 1.63. The molecule has 1 aromatic heterocycles. The number of hydrogen-bond donors (Lipinski definition) is 1. The average Bonchev–Trinajstić information content (AvgIpc) is 3.05. The van der Waals surface area contributed by atoms with Crippen LogP contribution in [0.4, 0.5) is 5.82 Å². The first-order valence-electron chi connectivity index (χ1n) is 8.96. The second kappa shape index (κ2) is 8.27. The quantitative estimate of drug-likeness (QED) is 0.860. The molecule has 0 saturated carbocycles. The van der Waals surface area contributed by atoms with Crippen molar-refractivity contribution in [3.05, 3.63) is 53.5 Å². The number of carbonyl (C=O) groups is 1. The summed E-state index contributed by atoms with van der Waals surface area (Å²) in [5.74, 6) is 0.925. The Kier molecular flexibility index (Phi) is 5.83. The fourth-order valence-corrected chi connectivity index (χ4v) is 3.39. The van der Waals surface area contributed by atoms with Crippen molar-refractivity contribution in [3.63, 3.8) is 0 Å². The van der Waals surface area contributed by atoms with Crippen LogP contribution >= 0.6 is 0 Å². The van der Waals surface area contributed by atoms with Crippen molar-refractivity contribution in [1.82, 2.24) is 15.3 Å². The van der Waals surface area contributed by atoms with E-state index in [2.05, 4.69) is 20.2 Å². The molecule has 2 aromatic rings. The number of ether oxygens (including phenoxy) is 1. The van der Waals surface area contributed by atoms with E-state index in [1.54, 1.807) is 13.4 Å². The van der Waals surface area contributed by atoms with E-state index in [0.717, 1.165) is 35.6 Å². The predicted octanol–water partition coefficient (Wildman–Crippen LogP) is 2.05. The summed E-state index contributed by atoms with van der Waals surface area (Å²) in [7, 11) is 1.73. The van der Waals surface area contributed by atoms with Crippen molar-refractivity contribution in [2.45, 2.75) is 38.8 Å². The molecule has 6 heteroatoms. The van der Waals surface area contributed by atoms with Crippen LogP contribution in [0.2, 0.25) is 0 Å². The smallest absolute Gasteiger partial charge is 0.224 e. The van der Waals surface area contributed by atoms with E-state index in [1.165, 1.54) is 0 Å². The number of aryl methyl sites for hydroxylation is 2. The molecule has 1 N–H and O–H groups in total. The zero-order chi connectivity index (χ0) is 18.5. The maximum atomic E-state index is 12.4. The molecule has 2 atom stereocenters. The largest absolute Gasteiger partial charge is 0.380 e. The van der Waals surface area contributed by atoms with Crippen LogP contribution in [-0.2, 0) is 16.0 Å². The highest BCUT2D eigenvalue weighted by Gasteiger charge is 2.33. The third-order valence-electron chi connectivity index (χ3n) is 4.94. The van der Waals surface area contributed by atoms with Crippen molar-refractivity contribution in [2.75, 3.05) is 25.1 Å². The minimum Gasteiger partial charge on any atom is -0.380 e. The fraction of sp³-hybridized carbons (Fsp3) is 0.450. The van der Waals surface area contributed by atoms with E-state index in [9.17, 15) is 4.79 Å². The lowest BCUT2D eigenvalue weighted by Gasteiger charge is -2.25. The highest BCUT2D eigenvalue weighted by atomic mass is 16.5. The molecule has 26 heavy (non-hydrogen) atoms. The molecule has 0 unspecified atom stereocenters. The van der Waals surface area contributed by atoms with E-state index in [1.807, 2.05) is 44.2 Å². The van der Waals surface area contributed by atoms with Crippen molar-refractivity contribution in [2.24, 2.45) is 0 Å². The second-order valence-corrected chi connectivity index (χ2v) is 6.82. The maximum absolute atomic E-state index is 12.4. The zero-order valence-electron chi connectivity index (χ0n) is 15.6. The fourth-order valence-electron chi connectivity index (χ4n) is 3.39. The molecule has 1 amide bonds. The van der Waals surface area contributed by atoms with E-state index >= 15 is 0 Å². The van der Waals surface area contributed by atoms with E-state index in [0.29, 0.717) is 13.0 Å². The number of nitrogens with zero attached hydrogens (tertiary/aromatic N) is 3. The predicted molar refractivity (Wildman–Crippen MR) is 101 cm³/mol. The number of amides is 1. The lowest BCUT2D eigenvalue weighted by Crippen LogP contribution is -2.41. The summed E-state index contributed by atoms with van der Waals surface area (Å²) in [6, 6.07) is 10.1. The molecule has 1 aliphatic rings. The minimum absolute atomic E-state index is 0.0407. The summed E-state index contributed by atoms with van der Waals surface area (Å²) in [6.07, 6.45) is 2.99. The molecule has 1 aromatic carbocycles. The van der Waals surface area contributed by atoms with Crippen LogP contribution in [0.3, 0.4) is 0 Å². The maximum Gasteiger partial charge on any atom is 0.224 e. The number of hydrogen-bond acceptors (Lipinski definition) is 5. The van der Waals surface area contributed by atoms with Gasteiger partial charge in [0.25, 0.3) is 0 Å². The van der Waals surface area contributed by atoms with Gasteiger partial charge in [0.1, 0.15) is 12.1 Å². The first kappa shape index (κ1) is 18.3.